The molecule has 7 nitrogen and oxygen atoms in total. The highest BCUT2D eigenvalue weighted by Crippen LogP contribution is 2.33. The molecule has 0 spiro atoms. The van der Waals surface area contributed by atoms with E-state index in [1.165, 1.54) is 0 Å². The predicted octanol–water partition coefficient (Wildman–Crippen LogP) is 5.46. The Bertz CT molecular complexity index is 1480. The lowest BCUT2D eigenvalue weighted by Gasteiger charge is -2.14. The van der Waals surface area contributed by atoms with Crippen molar-refractivity contribution < 1.29 is 23.9 Å². The van der Waals surface area contributed by atoms with Crippen molar-refractivity contribution >= 4 is 29.0 Å². The van der Waals surface area contributed by atoms with Crippen LogP contribution in [0.4, 0.5) is 11.4 Å². The maximum atomic E-state index is 13.3. The molecule has 0 radical (unpaired) electrons. The molecule has 0 saturated carbocycles. The van der Waals surface area contributed by atoms with Crippen molar-refractivity contribution in [1.82, 2.24) is 0 Å². The molecule has 0 aromatic heterocycles. The first kappa shape index (κ1) is 22.9. The average molecular weight is 479 g/mol. The highest BCUT2D eigenvalue weighted by molar-refractivity contribution is 6.17. The highest BCUT2D eigenvalue weighted by Gasteiger charge is 2.20. The number of ketones is 1. The lowest BCUT2D eigenvalue weighted by Crippen LogP contribution is -2.19. The van der Waals surface area contributed by atoms with E-state index in [0.717, 1.165) is 5.56 Å². The number of para-hydroxylation sites is 1. The van der Waals surface area contributed by atoms with Gasteiger partial charge in [0.2, 0.25) is 6.79 Å². The van der Waals surface area contributed by atoms with Crippen molar-refractivity contribution in [1.29, 1.82) is 0 Å². The van der Waals surface area contributed by atoms with E-state index < -0.39 is 11.8 Å². The standard InChI is InChI=1S/C29H22N2O5/c1-18-11-13-24(22(15-18)27(32)19-7-3-2-4-8-19)31-29(34)21-9-5-6-10-23(21)30-28(33)20-12-14-25-26(16-20)36-17-35-25/h2-16H,17H2,1H3,(H,30,33)(H,31,34). The molecular weight excluding hydrogens is 456 g/mol. The molecule has 1 aliphatic heterocycles. The van der Waals surface area contributed by atoms with Crippen LogP contribution in [-0.2, 0) is 0 Å². The van der Waals surface area contributed by atoms with Gasteiger partial charge in [-0.15, -0.1) is 0 Å². The summed E-state index contributed by atoms with van der Waals surface area (Å²) in [5.74, 6) is 0.0133. The molecule has 4 aromatic rings. The Labute approximate surface area is 207 Å². The third-order valence-corrected chi connectivity index (χ3v) is 5.76. The van der Waals surface area contributed by atoms with Crippen molar-refractivity contribution in [2.45, 2.75) is 6.92 Å². The topological polar surface area (TPSA) is 93.7 Å². The zero-order chi connectivity index (χ0) is 25.1. The fourth-order valence-electron chi connectivity index (χ4n) is 3.91. The number of benzene rings is 4. The first-order chi connectivity index (χ1) is 17.5. The predicted molar refractivity (Wildman–Crippen MR) is 136 cm³/mol. The molecule has 36 heavy (non-hydrogen) atoms. The van der Waals surface area contributed by atoms with Gasteiger partial charge in [0.25, 0.3) is 11.8 Å². The second kappa shape index (κ2) is 9.76. The van der Waals surface area contributed by atoms with Gasteiger partial charge in [0.05, 0.1) is 16.9 Å². The zero-order valence-electron chi connectivity index (χ0n) is 19.4. The van der Waals surface area contributed by atoms with Crippen molar-refractivity contribution in [3.63, 3.8) is 0 Å². The average Bonchev–Trinajstić information content (AvgIpc) is 3.38. The molecule has 0 bridgehead atoms. The van der Waals surface area contributed by atoms with Gasteiger partial charge >= 0.3 is 0 Å². The number of aryl methyl sites for hydroxylation is 1. The van der Waals surface area contributed by atoms with E-state index in [9.17, 15) is 14.4 Å². The SMILES string of the molecule is Cc1ccc(NC(=O)c2ccccc2NC(=O)c2ccc3c(c2)OCO3)c(C(=O)c2ccccc2)c1. The van der Waals surface area contributed by atoms with Gasteiger partial charge in [-0.2, -0.15) is 0 Å². The summed E-state index contributed by atoms with van der Waals surface area (Å²) in [6, 6.07) is 25.7. The van der Waals surface area contributed by atoms with E-state index in [1.807, 2.05) is 19.1 Å². The molecule has 4 aromatic carbocycles. The van der Waals surface area contributed by atoms with Crippen LogP contribution in [0.25, 0.3) is 0 Å². The van der Waals surface area contributed by atoms with Crippen LogP contribution in [0, 0.1) is 6.92 Å². The van der Waals surface area contributed by atoms with Crippen molar-refractivity contribution in [3.05, 3.63) is 119 Å². The molecule has 0 unspecified atom stereocenters. The van der Waals surface area contributed by atoms with Gasteiger partial charge in [-0.25, -0.2) is 0 Å². The molecule has 178 valence electrons. The normalized spacial score (nSPS) is 11.6. The number of carbonyl (C=O) groups is 3. The van der Waals surface area contributed by atoms with Crippen LogP contribution in [0.3, 0.4) is 0 Å². The van der Waals surface area contributed by atoms with Crippen LogP contribution in [0.2, 0.25) is 0 Å². The quantitative estimate of drug-likeness (QED) is 0.359. The van der Waals surface area contributed by atoms with Crippen molar-refractivity contribution in [2.24, 2.45) is 0 Å². The van der Waals surface area contributed by atoms with E-state index >= 15 is 0 Å². The molecule has 2 N–H and O–H groups in total. The molecule has 1 heterocycles. The number of rotatable bonds is 6. The first-order valence-corrected chi connectivity index (χ1v) is 11.3. The minimum atomic E-state index is -0.456. The Morgan fingerprint density at radius 1 is 0.639 bits per heavy atom. The molecule has 7 heteroatoms. The van der Waals surface area contributed by atoms with Crippen molar-refractivity contribution in [2.75, 3.05) is 17.4 Å². The second-order valence-corrected chi connectivity index (χ2v) is 8.27. The van der Waals surface area contributed by atoms with Gasteiger partial charge in [0.15, 0.2) is 17.3 Å². The monoisotopic (exact) mass is 478 g/mol. The Kier molecular flexibility index (Phi) is 6.19. The van der Waals surface area contributed by atoms with Crippen LogP contribution >= 0.6 is 0 Å². The molecule has 0 atom stereocenters. The smallest absolute Gasteiger partial charge is 0.257 e. The van der Waals surface area contributed by atoms with E-state index in [-0.39, 0.29) is 18.1 Å². The molecule has 2 amide bonds. The summed E-state index contributed by atoms with van der Waals surface area (Å²) in [5.41, 5.74) is 3.14. The number of carbonyl (C=O) groups excluding carboxylic acids is 3. The Morgan fingerprint density at radius 3 is 2.17 bits per heavy atom. The maximum absolute atomic E-state index is 13.3. The van der Waals surface area contributed by atoms with Gasteiger partial charge in [0, 0.05) is 16.7 Å². The van der Waals surface area contributed by atoms with Crippen LogP contribution in [-0.4, -0.2) is 24.4 Å². The Morgan fingerprint density at radius 2 is 1.33 bits per heavy atom. The van der Waals surface area contributed by atoms with Crippen LogP contribution in [0.5, 0.6) is 11.5 Å². The summed E-state index contributed by atoms with van der Waals surface area (Å²) in [6.07, 6.45) is 0. The van der Waals surface area contributed by atoms with E-state index in [0.29, 0.717) is 39.6 Å². The van der Waals surface area contributed by atoms with E-state index in [4.69, 9.17) is 9.47 Å². The first-order valence-electron chi connectivity index (χ1n) is 11.3. The van der Waals surface area contributed by atoms with Gasteiger partial charge in [-0.05, 0) is 49.4 Å². The van der Waals surface area contributed by atoms with Crippen molar-refractivity contribution in [3.8, 4) is 11.5 Å². The summed E-state index contributed by atoms with van der Waals surface area (Å²) >= 11 is 0. The van der Waals surface area contributed by atoms with Gasteiger partial charge in [-0.1, -0.05) is 54.1 Å². The molecule has 0 saturated heterocycles. The number of amides is 2. The van der Waals surface area contributed by atoms with Gasteiger partial charge < -0.3 is 20.1 Å². The third-order valence-electron chi connectivity index (χ3n) is 5.76. The molecule has 1 aliphatic rings. The van der Waals surface area contributed by atoms with Crippen LogP contribution in [0.15, 0.2) is 91.0 Å². The summed E-state index contributed by atoms with van der Waals surface area (Å²) in [6.45, 7) is 1.99. The number of hydrogen-bond acceptors (Lipinski definition) is 5. The zero-order valence-corrected chi connectivity index (χ0v) is 19.4. The third kappa shape index (κ3) is 4.67. The summed E-state index contributed by atoms with van der Waals surface area (Å²) in [7, 11) is 0. The highest BCUT2D eigenvalue weighted by atomic mass is 16.7. The largest absolute Gasteiger partial charge is 0.454 e. The maximum Gasteiger partial charge on any atom is 0.257 e. The Hall–Kier alpha value is -4.91. The Balaban J connectivity index is 1.39. The van der Waals surface area contributed by atoms with Gasteiger partial charge in [0.1, 0.15) is 0 Å². The second-order valence-electron chi connectivity index (χ2n) is 8.27. The minimum absolute atomic E-state index is 0.108. The summed E-state index contributed by atoms with van der Waals surface area (Å²) in [4.78, 5) is 39.4. The molecule has 0 fully saturated rings. The lowest BCUT2D eigenvalue weighted by atomic mass is 9.99. The van der Waals surface area contributed by atoms with Gasteiger partial charge in [-0.3, -0.25) is 14.4 Å². The molecule has 0 aliphatic carbocycles. The number of ether oxygens (including phenoxy) is 2. The lowest BCUT2D eigenvalue weighted by molar-refractivity contribution is 0.102. The van der Waals surface area contributed by atoms with Crippen LogP contribution < -0.4 is 20.1 Å². The number of nitrogens with one attached hydrogen (secondary N) is 2. The number of anilines is 2. The molecular formula is C29H22N2O5. The fraction of sp³-hybridized carbons (Fsp3) is 0.0690. The number of hydrogen-bond donors (Lipinski definition) is 2. The fourth-order valence-corrected chi connectivity index (χ4v) is 3.91. The number of fused-ring (bicyclic) bond motifs is 1. The summed E-state index contributed by atoms with van der Waals surface area (Å²) < 4.78 is 10.6. The van der Waals surface area contributed by atoms with E-state index in [1.54, 1.807) is 78.9 Å². The minimum Gasteiger partial charge on any atom is -0.454 e. The molecule has 5 rings (SSSR count). The van der Waals surface area contributed by atoms with E-state index in [2.05, 4.69) is 10.6 Å². The van der Waals surface area contributed by atoms with Crippen LogP contribution in [0.1, 0.15) is 42.2 Å². The summed E-state index contributed by atoms with van der Waals surface area (Å²) in [5, 5.41) is 5.64.